The first-order chi connectivity index (χ1) is 15.3. The Morgan fingerprint density at radius 2 is 1.36 bits per heavy atom. The van der Waals surface area contributed by atoms with E-state index < -0.39 is 67.2 Å². The maximum Gasteiger partial charge on any atom is 0.362 e. The molecule has 1 heterocycles. The maximum absolute atomic E-state index is 12.7. The number of terminal acetylenes is 1. The van der Waals surface area contributed by atoms with Crippen molar-refractivity contribution in [1.29, 1.82) is 0 Å². The van der Waals surface area contributed by atoms with Gasteiger partial charge < -0.3 is 32.9 Å². The van der Waals surface area contributed by atoms with E-state index in [9.17, 15) is 24.0 Å². The standard InChI is InChI=1S/C21H30NO11/c1-8-9-22(6,7)10-17(27)33-19-18(29-13(3)24)16(11-28-12(2)23)32-21(31-15(5)26)20(19)30-14(4)25/h1,16,18-21H,9-11H2,2-7H3/q+1/t16-,18-,19+,20-,21-/m1/s1. The fourth-order valence-corrected chi connectivity index (χ4v) is 3.10. The fraction of sp³-hybridized carbons (Fsp3) is 0.667. The van der Waals surface area contributed by atoms with Gasteiger partial charge in [-0.25, -0.2) is 4.79 Å². The van der Waals surface area contributed by atoms with E-state index >= 15 is 0 Å². The summed E-state index contributed by atoms with van der Waals surface area (Å²) in [6.07, 6.45) is -1.70. The summed E-state index contributed by atoms with van der Waals surface area (Å²) in [5.74, 6) is -1.33. The largest absolute Gasteiger partial charge is 0.463 e. The molecule has 5 atom stereocenters. The number of rotatable bonds is 9. The van der Waals surface area contributed by atoms with Crippen LogP contribution in [0, 0.1) is 12.3 Å². The molecule has 12 nitrogen and oxygen atoms in total. The highest BCUT2D eigenvalue weighted by Crippen LogP contribution is 2.30. The van der Waals surface area contributed by atoms with E-state index in [2.05, 4.69) is 5.92 Å². The number of likely N-dealkylation sites (N-methyl/N-ethyl adjacent to an activating group) is 1. The lowest BCUT2D eigenvalue weighted by Gasteiger charge is -2.43. The molecular weight excluding hydrogens is 442 g/mol. The second kappa shape index (κ2) is 12.2. The number of hydrogen-bond acceptors (Lipinski definition) is 11. The van der Waals surface area contributed by atoms with Crippen LogP contribution in [0.5, 0.6) is 0 Å². The molecule has 0 N–H and O–H groups in total. The zero-order valence-corrected chi connectivity index (χ0v) is 19.5. The van der Waals surface area contributed by atoms with Crippen molar-refractivity contribution in [2.45, 2.75) is 58.4 Å². The maximum atomic E-state index is 12.7. The van der Waals surface area contributed by atoms with E-state index in [0.29, 0.717) is 0 Å². The van der Waals surface area contributed by atoms with Crippen molar-refractivity contribution in [3.8, 4) is 12.3 Å². The van der Waals surface area contributed by atoms with Gasteiger partial charge in [-0.2, -0.15) is 0 Å². The van der Waals surface area contributed by atoms with E-state index in [1.165, 1.54) is 0 Å². The summed E-state index contributed by atoms with van der Waals surface area (Å²) in [5, 5.41) is 0. The van der Waals surface area contributed by atoms with Gasteiger partial charge in [0.15, 0.2) is 18.8 Å². The second-order valence-electron chi connectivity index (χ2n) is 8.01. The monoisotopic (exact) mass is 472 g/mol. The van der Waals surface area contributed by atoms with Gasteiger partial charge in [-0.05, 0) is 5.92 Å². The van der Waals surface area contributed by atoms with Crippen molar-refractivity contribution in [2.24, 2.45) is 0 Å². The van der Waals surface area contributed by atoms with Crippen LogP contribution in [0.1, 0.15) is 27.7 Å². The van der Waals surface area contributed by atoms with Gasteiger partial charge in [0.1, 0.15) is 19.3 Å². The molecule has 0 spiro atoms. The Bertz CT molecular complexity index is 801. The van der Waals surface area contributed by atoms with Crippen LogP contribution in [0.15, 0.2) is 0 Å². The van der Waals surface area contributed by atoms with Crippen molar-refractivity contribution >= 4 is 29.8 Å². The number of carbonyl (C=O) groups is 5. The van der Waals surface area contributed by atoms with Crippen molar-refractivity contribution in [2.75, 3.05) is 33.8 Å². The Morgan fingerprint density at radius 1 is 0.818 bits per heavy atom. The number of carbonyl (C=O) groups excluding carboxylic acids is 5. The van der Waals surface area contributed by atoms with E-state index in [0.717, 1.165) is 27.7 Å². The van der Waals surface area contributed by atoms with Crippen LogP contribution in [-0.2, 0) is 52.4 Å². The lowest BCUT2D eigenvalue weighted by atomic mass is 9.98. The molecule has 0 amide bonds. The zero-order chi connectivity index (χ0) is 25.3. The van der Waals surface area contributed by atoms with Crippen LogP contribution in [0.3, 0.4) is 0 Å². The number of nitrogens with zero attached hydrogens (tertiary/aromatic N) is 1. The summed E-state index contributed by atoms with van der Waals surface area (Å²) < 4.78 is 31.9. The third-order valence-electron chi connectivity index (χ3n) is 4.27. The minimum Gasteiger partial charge on any atom is -0.463 e. The smallest absolute Gasteiger partial charge is 0.362 e. The number of esters is 5. The first-order valence-electron chi connectivity index (χ1n) is 10.0. The molecule has 0 aromatic heterocycles. The molecule has 1 aliphatic heterocycles. The van der Waals surface area contributed by atoms with Crippen LogP contribution in [-0.4, -0.2) is 98.8 Å². The van der Waals surface area contributed by atoms with Crippen molar-refractivity contribution in [1.82, 2.24) is 0 Å². The van der Waals surface area contributed by atoms with Crippen molar-refractivity contribution in [3.63, 3.8) is 0 Å². The van der Waals surface area contributed by atoms with Gasteiger partial charge in [-0.1, -0.05) is 0 Å². The van der Waals surface area contributed by atoms with Gasteiger partial charge in [0.25, 0.3) is 0 Å². The molecule has 0 aliphatic carbocycles. The van der Waals surface area contributed by atoms with Crippen LogP contribution < -0.4 is 0 Å². The molecule has 1 saturated heterocycles. The van der Waals surface area contributed by atoms with Crippen LogP contribution >= 0.6 is 0 Å². The van der Waals surface area contributed by atoms with E-state index in [1.807, 2.05) is 0 Å². The highest BCUT2D eigenvalue weighted by molar-refractivity contribution is 5.72. The van der Waals surface area contributed by atoms with Gasteiger partial charge in [-0.15, -0.1) is 6.42 Å². The van der Waals surface area contributed by atoms with Crippen LogP contribution in [0.2, 0.25) is 0 Å². The molecule has 1 aliphatic rings. The Kier molecular flexibility index (Phi) is 10.3. The minimum atomic E-state index is -1.54. The minimum absolute atomic E-state index is 0.0826. The molecule has 184 valence electrons. The van der Waals surface area contributed by atoms with Gasteiger partial charge in [0.2, 0.25) is 12.4 Å². The lowest BCUT2D eigenvalue weighted by Crippen LogP contribution is -2.63. The van der Waals surface area contributed by atoms with Gasteiger partial charge in [-0.3, -0.25) is 19.2 Å². The molecule has 12 heteroatoms. The molecule has 1 rings (SSSR count). The third-order valence-corrected chi connectivity index (χ3v) is 4.27. The van der Waals surface area contributed by atoms with Gasteiger partial charge in [0, 0.05) is 27.7 Å². The Hall–Kier alpha value is -3.17. The Balaban J connectivity index is 3.37. The predicted octanol–water partition coefficient (Wildman–Crippen LogP) is -0.678. The molecule has 33 heavy (non-hydrogen) atoms. The SMILES string of the molecule is C#CC[N+](C)(C)CC(=O)O[C@@H]1[C@@H](OC(C)=O)[C@H](OC(C)=O)O[C@H](COC(C)=O)[C@H]1OC(C)=O. The molecule has 1 fully saturated rings. The van der Waals surface area contributed by atoms with Crippen LogP contribution in [0.25, 0.3) is 0 Å². The average molecular weight is 472 g/mol. The molecule has 0 bridgehead atoms. The van der Waals surface area contributed by atoms with E-state index in [-0.39, 0.29) is 17.6 Å². The first-order valence-corrected chi connectivity index (χ1v) is 10.0. The zero-order valence-electron chi connectivity index (χ0n) is 19.5. The van der Waals surface area contributed by atoms with Crippen molar-refractivity contribution in [3.05, 3.63) is 0 Å². The predicted molar refractivity (Wildman–Crippen MR) is 109 cm³/mol. The first kappa shape index (κ1) is 27.9. The topological polar surface area (TPSA) is 141 Å². The molecule has 0 aromatic carbocycles. The summed E-state index contributed by atoms with van der Waals surface area (Å²) in [5.41, 5.74) is 0. The Morgan fingerprint density at radius 3 is 1.85 bits per heavy atom. The van der Waals surface area contributed by atoms with E-state index in [1.54, 1.807) is 14.1 Å². The quantitative estimate of drug-likeness (QED) is 0.182. The normalized spacial score (nSPS) is 24.6. The average Bonchev–Trinajstić information content (AvgIpc) is 2.63. The number of hydrogen-bond donors (Lipinski definition) is 0. The Labute approximate surface area is 191 Å². The van der Waals surface area contributed by atoms with Crippen LogP contribution in [0.4, 0.5) is 0 Å². The molecule has 0 radical (unpaired) electrons. The molecular formula is C21H30NO11+. The summed E-state index contributed by atoms with van der Waals surface area (Å²) in [6.45, 7) is 4.05. The third kappa shape index (κ3) is 9.46. The number of ether oxygens (including phenoxy) is 6. The summed E-state index contributed by atoms with van der Waals surface area (Å²) in [6, 6.07) is 0. The molecule has 0 unspecified atom stereocenters. The second-order valence-corrected chi connectivity index (χ2v) is 8.01. The highest BCUT2D eigenvalue weighted by Gasteiger charge is 2.54. The summed E-state index contributed by atoms with van der Waals surface area (Å²) in [4.78, 5) is 59.2. The lowest BCUT2D eigenvalue weighted by molar-refractivity contribution is -0.875. The van der Waals surface area contributed by atoms with Crippen molar-refractivity contribution < 1.29 is 56.9 Å². The molecule has 0 aromatic rings. The van der Waals surface area contributed by atoms with E-state index in [4.69, 9.17) is 34.8 Å². The summed E-state index contributed by atoms with van der Waals surface area (Å²) in [7, 11) is 3.40. The summed E-state index contributed by atoms with van der Waals surface area (Å²) >= 11 is 0. The fourth-order valence-electron chi connectivity index (χ4n) is 3.10. The van der Waals surface area contributed by atoms with Gasteiger partial charge >= 0.3 is 29.8 Å². The number of quaternary nitrogens is 1. The highest BCUT2D eigenvalue weighted by atomic mass is 16.7. The van der Waals surface area contributed by atoms with Gasteiger partial charge in [0.05, 0.1) is 14.1 Å². The molecule has 0 saturated carbocycles.